The van der Waals surface area contributed by atoms with Crippen LogP contribution in [-0.4, -0.2) is 31.0 Å². The second-order valence-corrected chi connectivity index (χ2v) is 6.49. The number of para-hydroxylation sites is 2. The lowest BCUT2D eigenvalue weighted by Gasteiger charge is -2.33. The average molecular weight is 376 g/mol. The van der Waals surface area contributed by atoms with Crippen molar-refractivity contribution in [1.29, 1.82) is 0 Å². The van der Waals surface area contributed by atoms with Crippen molar-refractivity contribution >= 4 is 17.5 Å². The zero-order valence-corrected chi connectivity index (χ0v) is 15.2. The van der Waals surface area contributed by atoms with Gasteiger partial charge in [0.2, 0.25) is 0 Å². The van der Waals surface area contributed by atoms with Crippen molar-refractivity contribution in [1.82, 2.24) is 5.32 Å². The Morgan fingerprint density at radius 1 is 1.00 bits per heavy atom. The Morgan fingerprint density at radius 2 is 1.79 bits per heavy atom. The lowest BCUT2D eigenvalue weighted by Crippen LogP contribution is -2.51. The van der Waals surface area contributed by atoms with Gasteiger partial charge < -0.3 is 14.5 Å². The molecule has 142 valence electrons. The van der Waals surface area contributed by atoms with Crippen molar-refractivity contribution in [3.05, 3.63) is 84.3 Å². The number of amides is 2. The van der Waals surface area contributed by atoms with E-state index in [2.05, 4.69) is 5.32 Å². The van der Waals surface area contributed by atoms with Crippen LogP contribution in [0.25, 0.3) is 0 Å². The smallest absolute Gasteiger partial charge is 0.294 e. The Labute approximate surface area is 162 Å². The summed E-state index contributed by atoms with van der Waals surface area (Å²) in [5, 5.41) is 2.90. The van der Waals surface area contributed by atoms with Gasteiger partial charge in [0.1, 0.15) is 5.75 Å². The molecule has 2 heterocycles. The van der Waals surface area contributed by atoms with Crippen LogP contribution in [0, 0.1) is 0 Å². The van der Waals surface area contributed by atoms with Gasteiger partial charge in [0, 0.05) is 6.54 Å². The van der Waals surface area contributed by atoms with E-state index in [1.807, 2.05) is 42.5 Å². The van der Waals surface area contributed by atoms with E-state index in [9.17, 15) is 9.59 Å². The summed E-state index contributed by atoms with van der Waals surface area (Å²) in [6.07, 6.45) is 1.39. The standard InChI is InChI=1S/C22H20N2O4/c25-21(23-13-12-16-7-2-1-3-8-16)20-15-24(22(26)19-11-6-14-27-19)17-9-4-5-10-18(17)28-20/h1-11,14,20H,12-13,15H2,(H,23,25)/t20-/m0/s1. The fourth-order valence-electron chi connectivity index (χ4n) is 3.19. The van der Waals surface area contributed by atoms with Crippen molar-refractivity contribution in [3.63, 3.8) is 0 Å². The molecule has 3 aromatic rings. The van der Waals surface area contributed by atoms with Gasteiger partial charge in [-0.25, -0.2) is 0 Å². The highest BCUT2D eigenvalue weighted by molar-refractivity contribution is 6.06. The second-order valence-electron chi connectivity index (χ2n) is 6.49. The maximum Gasteiger partial charge on any atom is 0.294 e. The summed E-state index contributed by atoms with van der Waals surface area (Å²) in [6, 6.07) is 20.4. The number of nitrogens with zero attached hydrogens (tertiary/aromatic N) is 1. The first-order valence-corrected chi connectivity index (χ1v) is 9.15. The second kappa shape index (κ2) is 8.00. The Kier molecular flexibility index (Phi) is 5.10. The number of anilines is 1. The van der Waals surface area contributed by atoms with Gasteiger partial charge in [-0.15, -0.1) is 0 Å². The van der Waals surface area contributed by atoms with Gasteiger partial charge in [-0.05, 0) is 36.2 Å². The first-order valence-electron chi connectivity index (χ1n) is 9.15. The van der Waals surface area contributed by atoms with Crippen LogP contribution in [0.3, 0.4) is 0 Å². The van der Waals surface area contributed by atoms with Crippen LogP contribution in [0.15, 0.2) is 77.4 Å². The first-order chi connectivity index (χ1) is 13.7. The fraction of sp³-hybridized carbons (Fsp3) is 0.182. The summed E-state index contributed by atoms with van der Waals surface area (Å²) < 4.78 is 11.1. The van der Waals surface area contributed by atoms with Crippen LogP contribution in [0.2, 0.25) is 0 Å². The number of carbonyl (C=O) groups excluding carboxylic acids is 2. The Hall–Kier alpha value is -3.54. The van der Waals surface area contributed by atoms with E-state index in [1.165, 1.54) is 11.2 Å². The van der Waals surface area contributed by atoms with E-state index >= 15 is 0 Å². The monoisotopic (exact) mass is 376 g/mol. The number of furan rings is 1. The summed E-state index contributed by atoms with van der Waals surface area (Å²) in [6.45, 7) is 0.615. The molecule has 1 aliphatic heterocycles. The third kappa shape index (κ3) is 3.76. The largest absolute Gasteiger partial charge is 0.477 e. The van der Waals surface area contributed by atoms with Gasteiger partial charge in [0.25, 0.3) is 11.8 Å². The van der Waals surface area contributed by atoms with Gasteiger partial charge >= 0.3 is 0 Å². The SMILES string of the molecule is O=C(NCCc1ccccc1)[C@@H]1CN(C(=O)c2ccco2)c2ccccc2O1. The van der Waals surface area contributed by atoms with Gasteiger partial charge in [0.15, 0.2) is 11.9 Å². The van der Waals surface area contributed by atoms with Gasteiger partial charge in [-0.3, -0.25) is 14.5 Å². The van der Waals surface area contributed by atoms with Crippen LogP contribution < -0.4 is 15.0 Å². The molecule has 0 spiro atoms. The highest BCUT2D eigenvalue weighted by Crippen LogP contribution is 2.34. The molecule has 0 aliphatic carbocycles. The molecule has 0 bridgehead atoms. The number of fused-ring (bicyclic) bond motifs is 1. The number of hydrogen-bond donors (Lipinski definition) is 1. The Bertz CT molecular complexity index is 954. The Morgan fingerprint density at radius 3 is 2.57 bits per heavy atom. The number of rotatable bonds is 5. The van der Waals surface area contributed by atoms with Gasteiger partial charge in [0.05, 0.1) is 18.5 Å². The molecule has 2 aromatic carbocycles. The zero-order valence-electron chi connectivity index (χ0n) is 15.2. The van der Waals surface area contributed by atoms with E-state index in [4.69, 9.17) is 9.15 Å². The van der Waals surface area contributed by atoms with Crippen molar-refractivity contribution in [3.8, 4) is 5.75 Å². The molecule has 6 nitrogen and oxygen atoms in total. The van der Waals surface area contributed by atoms with Crippen molar-refractivity contribution in [2.45, 2.75) is 12.5 Å². The van der Waals surface area contributed by atoms with Gasteiger partial charge in [-0.2, -0.15) is 0 Å². The highest BCUT2D eigenvalue weighted by Gasteiger charge is 2.34. The number of nitrogens with one attached hydrogen (secondary N) is 1. The molecule has 2 amide bonds. The summed E-state index contributed by atoms with van der Waals surface area (Å²) >= 11 is 0. The molecule has 1 aliphatic rings. The molecule has 1 aromatic heterocycles. The van der Waals surface area contributed by atoms with Crippen LogP contribution in [0.1, 0.15) is 16.1 Å². The molecule has 0 saturated heterocycles. The van der Waals surface area contributed by atoms with Crippen LogP contribution >= 0.6 is 0 Å². The molecule has 0 saturated carbocycles. The summed E-state index contributed by atoms with van der Waals surface area (Å²) in [4.78, 5) is 27.0. The summed E-state index contributed by atoms with van der Waals surface area (Å²) in [5.41, 5.74) is 1.77. The number of ether oxygens (including phenoxy) is 1. The van der Waals surface area contributed by atoms with Crippen LogP contribution in [0.4, 0.5) is 5.69 Å². The first kappa shape index (κ1) is 17.9. The Balaban J connectivity index is 1.46. The molecular formula is C22H20N2O4. The molecular weight excluding hydrogens is 356 g/mol. The van der Waals surface area contributed by atoms with E-state index in [1.54, 1.807) is 24.3 Å². The predicted octanol–water partition coefficient (Wildman–Crippen LogP) is 3.05. The van der Waals surface area contributed by atoms with Crippen LogP contribution in [0.5, 0.6) is 5.75 Å². The molecule has 1 atom stereocenters. The molecule has 0 fully saturated rings. The molecule has 0 unspecified atom stereocenters. The predicted molar refractivity (Wildman–Crippen MR) is 104 cm³/mol. The van der Waals surface area contributed by atoms with E-state index < -0.39 is 6.10 Å². The van der Waals surface area contributed by atoms with Crippen molar-refractivity contribution < 1.29 is 18.7 Å². The maximum atomic E-state index is 12.8. The van der Waals surface area contributed by atoms with Gasteiger partial charge in [-0.1, -0.05) is 42.5 Å². The lowest BCUT2D eigenvalue weighted by atomic mass is 10.1. The minimum Gasteiger partial charge on any atom is -0.477 e. The lowest BCUT2D eigenvalue weighted by molar-refractivity contribution is -0.127. The number of benzene rings is 2. The summed E-state index contributed by atoms with van der Waals surface area (Å²) in [7, 11) is 0. The maximum absolute atomic E-state index is 12.8. The minimum atomic E-state index is -0.787. The molecule has 28 heavy (non-hydrogen) atoms. The summed E-state index contributed by atoms with van der Waals surface area (Å²) in [5.74, 6) is 0.169. The average Bonchev–Trinajstić information content (AvgIpc) is 3.28. The molecule has 6 heteroatoms. The molecule has 1 N–H and O–H groups in total. The topological polar surface area (TPSA) is 71.8 Å². The minimum absolute atomic E-state index is 0.119. The third-order valence-corrected chi connectivity index (χ3v) is 4.60. The van der Waals surface area contributed by atoms with Crippen molar-refractivity contribution in [2.75, 3.05) is 18.0 Å². The van der Waals surface area contributed by atoms with Crippen molar-refractivity contribution in [2.24, 2.45) is 0 Å². The number of carbonyl (C=O) groups is 2. The highest BCUT2D eigenvalue weighted by atomic mass is 16.5. The quantitative estimate of drug-likeness (QED) is 0.743. The van der Waals surface area contributed by atoms with Crippen LogP contribution in [-0.2, 0) is 11.2 Å². The third-order valence-electron chi connectivity index (χ3n) is 4.60. The zero-order chi connectivity index (χ0) is 19.3. The molecule has 4 rings (SSSR count). The van der Waals surface area contributed by atoms with E-state index in [-0.39, 0.29) is 24.1 Å². The fourth-order valence-corrected chi connectivity index (χ4v) is 3.19. The molecule has 0 radical (unpaired) electrons. The number of hydrogen-bond acceptors (Lipinski definition) is 4. The van der Waals surface area contributed by atoms with E-state index in [0.29, 0.717) is 18.0 Å². The normalized spacial score (nSPS) is 15.4. The van der Waals surface area contributed by atoms with E-state index in [0.717, 1.165) is 12.0 Å².